The summed E-state index contributed by atoms with van der Waals surface area (Å²) in [5.41, 5.74) is 1.31. The highest BCUT2D eigenvalue weighted by molar-refractivity contribution is 7.84. The molecule has 0 fully saturated rings. The minimum atomic E-state index is -1.18. The van der Waals surface area contributed by atoms with Crippen molar-refractivity contribution in [1.29, 1.82) is 5.26 Å². The fourth-order valence-electron chi connectivity index (χ4n) is 1.61. The summed E-state index contributed by atoms with van der Waals surface area (Å²) in [6, 6.07) is 7.31. The zero-order chi connectivity index (χ0) is 14.6. The summed E-state index contributed by atoms with van der Waals surface area (Å²) in [4.78, 5) is 0. The van der Waals surface area contributed by atoms with Crippen LogP contribution in [0.4, 0.5) is 0 Å². The van der Waals surface area contributed by atoms with E-state index in [0.717, 1.165) is 5.56 Å². The van der Waals surface area contributed by atoms with Crippen LogP contribution in [-0.2, 0) is 11.0 Å². The van der Waals surface area contributed by atoms with Crippen molar-refractivity contribution in [3.05, 3.63) is 29.3 Å². The molecule has 5 heteroatoms. The molecule has 2 atom stereocenters. The number of ether oxygens (including phenoxy) is 1. The lowest BCUT2D eigenvalue weighted by atomic mass is 10.0. The molecular weight excluding hydrogens is 260 g/mol. The number of hydrogen-bond donors (Lipinski definition) is 1. The van der Waals surface area contributed by atoms with Crippen LogP contribution >= 0.6 is 0 Å². The Morgan fingerprint density at radius 1 is 1.42 bits per heavy atom. The molecule has 1 N–H and O–H groups in total. The standard InChI is InChI=1S/C14H20N2O2S/c1-10(16-19(17)14(2,3)4)12-8-6-7-11(9-15)13(12)18-5/h6-8,10,16H,1-5H3/t10-,19+/m1/s1. The normalized spacial score (nSPS) is 14.5. The summed E-state index contributed by atoms with van der Waals surface area (Å²) in [5.74, 6) is 0.538. The summed E-state index contributed by atoms with van der Waals surface area (Å²) in [7, 11) is 0.360. The zero-order valence-corrected chi connectivity index (χ0v) is 12.8. The van der Waals surface area contributed by atoms with Gasteiger partial charge in [-0.05, 0) is 33.8 Å². The summed E-state index contributed by atoms with van der Waals surface area (Å²) < 4.78 is 20.1. The fraction of sp³-hybridized carbons (Fsp3) is 0.500. The van der Waals surface area contributed by atoms with E-state index >= 15 is 0 Å². The molecule has 0 aliphatic carbocycles. The Morgan fingerprint density at radius 2 is 2.05 bits per heavy atom. The van der Waals surface area contributed by atoms with Gasteiger partial charge >= 0.3 is 0 Å². The second-order valence-corrected chi connectivity index (χ2v) is 7.26. The van der Waals surface area contributed by atoms with Gasteiger partial charge in [-0.25, -0.2) is 8.93 Å². The highest BCUT2D eigenvalue weighted by Gasteiger charge is 2.23. The fourth-order valence-corrected chi connectivity index (χ4v) is 2.41. The van der Waals surface area contributed by atoms with Crippen LogP contribution in [0.15, 0.2) is 18.2 Å². The molecule has 0 spiro atoms. The molecule has 0 aliphatic rings. The van der Waals surface area contributed by atoms with Crippen LogP contribution in [0.5, 0.6) is 5.75 Å². The van der Waals surface area contributed by atoms with Gasteiger partial charge in [0.2, 0.25) is 0 Å². The molecule has 0 unspecified atom stereocenters. The average molecular weight is 280 g/mol. The molecule has 0 bridgehead atoms. The smallest absolute Gasteiger partial charge is 0.141 e. The predicted octanol–water partition coefficient (Wildman–Crippen LogP) is 2.68. The average Bonchev–Trinajstić information content (AvgIpc) is 2.36. The monoisotopic (exact) mass is 280 g/mol. The third-order valence-corrected chi connectivity index (χ3v) is 4.36. The van der Waals surface area contributed by atoms with Gasteiger partial charge in [0.1, 0.15) is 11.8 Å². The molecule has 1 rings (SSSR count). The quantitative estimate of drug-likeness (QED) is 0.922. The van der Waals surface area contributed by atoms with E-state index < -0.39 is 11.0 Å². The van der Waals surface area contributed by atoms with Crippen molar-refractivity contribution < 1.29 is 8.95 Å². The Labute approximate surface area is 117 Å². The topological polar surface area (TPSA) is 62.1 Å². The van der Waals surface area contributed by atoms with E-state index in [-0.39, 0.29) is 10.8 Å². The molecule has 19 heavy (non-hydrogen) atoms. The maximum Gasteiger partial charge on any atom is 0.141 e. The van der Waals surface area contributed by atoms with Crippen LogP contribution in [0.3, 0.4) is 0 Å². The predicted molar refractivity (Wildman–Crippen MR) is 77.2 cm³/mol. The number of nitrogens with one attached hydrogen (secondary N) is 1. The van der Waals surface area contributed by atoms with E-state index in [2.05, 4.69) is 10.8 Å². The van der Waals surface area contributed by atoms with Gasteiger partial charge in [0.05, 0.1) is 28.4 Å². The molecular formula is C14H20N2O2S. The number of para-hydroxylation sites is 1. The summed E-state index contributed by atoms with van der Waals surface area (Å²) >= 11 is 0. The Bertz CT molecular complexity index is 515. The first kappa shape index (κ1) is 15.7. The SMILES string of the molecule is COc1c(C#N)cccc1[C@@H](C)N[S@@](=O)C(C)(C)C. The van der Waals surface area contributed by atoms with Gasteiger partial charge in [-0.3, -0.25) is 0 Å². The molecule has 0 heterocycles. The van der Waals surface area contributed by atoms with E-state index in [1.54, 1.807) is 12.1 Å². The minimum Gasteiger partial charge on any atom is -0.495 e. The lowest BCUT2D eigenvalue weighted by Gasteiger charge is -2.23. The van der Waals surface area contributed by atoms with Crippen LogP contribution in [0.25, 0.3) is 0 Å². The Morgan fingerprint density at radius 3 is 2.53 bits per heavy atom. The van der Waals surface area contributed by atoms with Crippen molar-refractivity contribution in [3.8, 4) is 11.8 Å². The van der Waals surface area contributed by atoms with Crippen molar-refractivity contribution in [1.82, 2.24) is 4.72 Å². The maximum atomic E-state index is 12.1. The molecule has 0 saturated heterocycles. The van der Waals surface area contributed by atoms with E-state index in [9.17, 15) is 4.21 Å². The van der Waals surface area contributed by atoms with Gasteiger partial charge in [-0.15, -0.1) is 0 Å². The molecule has 0 aliphatic heterocycles. The summed E-state index contributed by atoms with van der Waals surface area (Å²) in [6.45, 7) is 7.63. The van der Waals surface area contributed by atoms with Crippen molar-refractivity contribution in [2.45, 2.75) is 38.5 Å². The third kappa shape index (κ3) is 3.79. The molecule has 0 radical (unpaired) electrons. The van der Waals surface area contributed by atoms with Crippen LogP contribution < -0.4 is 9.46 Å². The molecule has 0 aromatic heterocycles. The number of rotatable bonds is 4. The first-order chi connectivity index (χ1) is 8.81. The maximum absolute atomic E-state index is 12.1. The summed E-state index contributed by atoms with van der Waals surface area (Å²) in [5, 5.41) is 9.06. The number of benzene rings is 1. The van der Waals surface area contributed by atoms with Crippen molar-refractivity contribution in [2.75, 3.05) is 7.11 Å². The van der Waals surface area contributed by atoms with Crippen molar-refractivity contribution in [2.24, 2.45) is 0 Å². The van der Waals surface area contributed by atoms with Gasteiger partial charge in [-0.2, -0.15) is 5.26 Å². The Kier molecular flexibility index (Phi) is 5.10. The number of nitriles is 1. The molecule has 0 amide bonds. The second-order valence-electron chi connectivity index (χ2n) is 5.26. The first-order valence-electron chi connectivity index (χ1n) is 6.06. The third-order valence-electron chi connectivity index (χ3n) is 2.68. The van der Waals surface area contributed by atoms with Crippen LogP contribution in [0.2, 0.25) is 0 Å². The summed E-state index contributed by atoms with van der Waals surface area (Å²) in [6.07, 6.45) is 0. The molecule has 1 aromatic carbocycles. The lowest BCUT2D eigenvalue weighted by Crippen LogP contribution is -2.34. The van der Waals surface area contributed by atoms with Crippen molar-refractivity contribution in [3.63, 3.8) is 0 Å². The number of hydrogen-bond acceptors (Lipinski definition) is 3. The van der Waals surface area contributed by atoms with E-state index in [0.29, 0.717) is 11.3 Å². The largest absolute Gasteiger partial charge is 0.495 e. The Hall–Kier alpha value is -1.38. The zero-order valence-electron chi connectivity index (χ0n) is 12.0. The van der Waals surface area contributed by atoms with Crippen molar-refractivity contribution >= 4 is 11.0 Å². The first-order valence-corrected chi connectivity index (χ1v) is 7.21. The lowest BCUT2D eigenvalue weighted by molar-refractivity contribution is 0.404. The van der Waals surface area contributed by atoms with Gasteiger partial charge in [0.25, 0.3) is 0 Å². The van der Waals surface area contributed by atoms with Crippen LogP contribution in [-0.4, -0.2) is 16.1 Å². The van der Waals surface area contributed by atoms with Gasteiger partial charge in [-0.1, -0.05) is 12.1 Å². The van der Waals surface area contributed by atoms with Gasteiger partial charge in [0, 0.05) is 11.6 Å². The molecule has 1 aromatic rings. The van der Waals surface area contributed by atoms with E-state index in [4.69, 9.17) is 10.00 Å². The van der Waals surface area contributed by atoms with Gasteiger partial charge in [0.15, 0.2) is 0 Å². The minimum absolute atomic E-state index is 0.164. The van der Waals surface area contributed by atoms with Crippen LogP contribution in [0, 0.1) is 11.3 Å². The Balaban J connectivity index is 3.04. The van der Waals surface area contributed by atoms with Gasteiger partial charge < -0.3 is 4.74 Å². The number of methoxy groups -OCH3 is 1. The van der Waals surface area contributed by atoms with E-state index in [1.807, 2.05) is 33.8 Å². The highest BCUT2D eigenvalue weighted by atomic mass is 32.2. The molecule has 104 valence electrons. The highest BCUT2D eigenvalue weighted by Crippen LogP contribution is 2.29. The van der Waals surface area contributed by atoms with E-state index in [1.165, 1.54) is 7.11 Å². The second kappa shape index (κ2) is 6.18. The molecule has 4 nitrogen and oxygen atoms in total. The van der Waals surface area contributed by atoms with Crippen LogP contribution in [0.1, 0.15) is 44.9 Å². The number of nitrogens with zero attached hydrogens (tertiary/aromatic N) is 1. The molecule has 0 saturated carbocycles.